The van der Waals surface area contributed by atoms with E-state index in [0.29, 0.717) is 37.8 Å². The monoisotopic (exact) mass is 299 g/mol. The molecule has 21 heavy (non-hydrogen) atoms. The van der Waals surface area contributed by atoms with E-state index in [0.717, 1.165) is 0 Å². The highest BCUT2D eigenvalue weighted by Crippen LogP contribution is 2.22. The number of anilines is 2. The van der Waals surface area contributed by atoms with Crippen LogP contribution in [0.4, 0.5) is 15.9 Å². The van der Waals surface area contributed by atoms with Crippen LogP contribution in [-0.2, 0) is 14.2 Å². The van der Waals surface area contributed by atoms with Gasteiger partial charge in [-0.3, -0.25) is 0 Å². The summed E-state index contributed by atoms with van der Waals surface area (Å²) in [6, 6.07) is 3.36. The first-order valence-electron chi connectivity index (χ1n) is 6.95. The van der Waals surface area contributed by atoms with Gasteiger partial charge in [-0.25, -0.2) is 4.98 Å². The van der Waals surface area contributed by atoms with Crippen LogP contribution < -0.4 is 10.2 Å². The quantitative estimate of drug-likeness (QED) is 0.634. The molecule has 0 bridgehead atoms. The van der Waals surface area contributed by atoms with Crippen molar-refractivity contribution in [3.8, 4) is 0 Å². The molecule has 0 spiro atoms. The van der Waals surface area contributed by atoms with Gasteiger partial charge < -0.3 is 24.4 Å². The van der Waals surface area contributed by atoms with Gasteiger partial charge in [-0.15, -0.1) is 0 Å². The maximum absolute atomic E-state index is 13.7. The van der Waals surface area contributed by atoms with E-state index in [1.165, 1.54) is 6.07 Å². The lowest BCUT2D eigenvalue weighted by atomic mass is 10.2. The number of pyridine rings is 1. The first-order valence-corrected chi connectivity index (χ1v) is 6.95. The minimum absolute atomic E-state index is 0.173. The summed E-state index contributed by atoms with van der Waals surface area (Å²) in [4.78, 5) is 6.02. The van der Waals surface area contributed by atoms with E-state index in [-0.39, 0.29) is 12.3 Å². The van der Waals surface area contributed by atoms with Crippen LogP contribution in [0.25, 0.3) is 0 Å². The molecule has 1 atom stereocenters. The lowest BCUT2D eigenvalue weighted by molar-refractivity contribution is -0.0914. The Morgan fingerprint density at radius 3 is 2.90 bits per heavy atom. The van der Waals surface area contributed by atoms with Crippen molar-refractivity contribution >= 4 is 11.5 Å². The highest BCUT2D eigenvalue weighted by Gasteiger charge is 2.21. The molecular weight excluding hydrogens is 277 g/mol. The van der Waals surface area contributed by atoms with Crippen LogP contribution in [0, 0.1) is 5.95 Å². The topological polar surface area (TPSA) is 55.9 Å². The third kappa shape index (κ3) is 4.26. The molecule has 1 aromatic rings. The fraction of sp³-hybridized carbons (Fsp3) is 0.643. The zero-order valence-electron chi connectivity index (χ0n) is 12.6. The third-order valence-corrected chi connectivity index (χ3v) is 3.44. The summed E-state index contributed by atoms with van der Waals surface area (Å²) in [6.45, 7) is 4.41. The maximum Gasteiger partial charge on any atom is 0.216 e. The number of halogens is 1. The number of ether oxygens (including phenoxy) is 3. The van der Waals surface area contributed by atoms with Crippen molar-refractivity contribution in [2.75, 3.05) is 50.7 Å². The van der Waals surface area contributed by atoms with E-state index in [4.69, 9.17) is 14.2 Å². The van der Waals surface area contributed by atoms with Gasteiger partial charge in [0.2, 0.25) is 5.95 Å². The van der Waals surface area contributed by atoms with Gasteiger partial charge in [0.15, 0.2) is 6.29 Å². The Morgan fingerprint density at radius 1 is 1.48 bits per heavy atom. The van der Waals surface area contributed by atoms with Gasteiger partial charge in [-0.05, 0) is 6.92 Å². The predicted molar refractivity (Wildman–Crippen MR) is 78.1 cm³/mol. The molecule has 2 rings (SSSR count). The molecule has 1 aromatic heterocycles. The van der Waals surface area contributed by atoms with E-state index < -0.39 is 5.95 Å². The molecule has 1 saturated heterocycles. The SMILES string of the molecule is COC(CNc1cc(F)nc(N2CCOC[C@H]2C)c1)OC. The molecule has 0 amide bonds. The molecular formula is C14H22FN3O3. The fourth-order valence-electron chi connectivity index (χ4n) is 2.26. The summed E-state index contributed by atoms with van der Waals surface area (Å²) in [5, 5.41) is 3.09. The van der Waals surface area contributed by atoms with Crippen LogP contribution in [0.5, 0.6) is 0 Å². The van der Waals surface area contributed by atoms with Crippen molar-refractivity contribution < 1.29 is 18.6 Å². The molecule has 0 aromatic carbocycles. The summed E-state index contributed by atoms with van der Waals surface area (Å²) in [6.07, 6.45) is -0.382. The Kier molecular flexibility index (Phi) is 5.72. The average molecular weight is 299 g/mol. The number of hydrogen-bond acceptors (Lipinski definition) is 6. The van der Waals surface area contributed by atoms with Crippen molar-refractivity contribution in [2.24, 2.45) is 0 Å². The number of morpholine rings is 1. The second-order valence-electron chi connectivity index (χ2n) is 4.94. The highest BCUT2D eigenvalue weighted by molar-refractivity contribution is 5.54. The van der Waals surface area contributed by atoms with Crippen molar-refractivity contribution in [1.29, 1.82) is 0 Å². The Morgan fingerprint density at radius 2 is 2.24 bits per heavy atom. The normalized spacial score (nSPS) is 19.1. The minimum atomic E-state index is -0.514. The molecule has 1 aliphatic heterocycles. The summed E-state index contributed by atoms with van der Waals surface area (Å²) in [5.74, 6) is 0.0970. The van der Waals surface area contributed by atoms with Crippen molar-refractivity contribution in [1.82, 2.24) is 4.98 Å². The molecule has 0 radical (unpaired) electrons. The van der Waals surface area contributed by atoms with Gasteiger partial charge in [0.05, 0.1) is 25.8 Å². The van der Waals surface area contributed by atoms with Crippen molar-refractivity contribution in [2.45, 2.75) is 19.3 Å². The molecule has 6 nitrogen and oxygen atoms in total. The van der Waals surface area contributed by atoms with Crippen LogP contribution in [0.1, 0.15) is 6.92 Å². The van der Waals surface area contributed by atoms with Crippen LogP contribution in [0.15, 0.2) is 12.1 Å². The van der Waals surface area contributed by atoms with Gasteiger partial charge in [0.1, 0.15) is 5.82 Å². The smallest absolute Gasteiger partial charge is 0.216 e. The number of hydrogen-bond donors (Lipinski definition) is 1. The van der Waals surface area contributed by atoms with Crippen LogP contribution in [0.3, 0.4) is 0 Å². The fourth-order valence-corrected chi connectivity index (χ4v) is 2.26. The number of nitrogens with zero attached hydrogens (tertiary/aromatic N) is 2. The third-order valence-electron chi connectivity index (χ3n) is 3.44. The lowest BCUT2D eigenvalue weighted by Crippen LogP contribution is -2.44. The van der Waals surface area contributed by atoms with E-state index in [9.17, 15) is 4.39 Å². The number of methoxy groups -OCH3 is 2. The minimum Gasteiger partial charge on any atom is -0.380 e. The first kappa shape index (κ1) is 15.9. The molecule has 118 valence electrons. The molecule has 1 aliphatic rings. The van der Waals surface area contributed by atoms with Crippen LogP contribution in [-0.4, -0.2) is 57.8 Å². The van der Waals surface area contributed by atoms with Crippen molar-refractivity contribution in [3.63, 3.8) is 0 Å². The molecule has 2 heterocycles. The summed E-state index contributed by atoms with van der Waals surface area (Å²) < 4.78 is 29.3. The van der Waals surface area contributed by atoms with Crippen molar-refractivity contribution in [3.05, 3.63) is 18.1 Å². The van der Waals surface area contributed by atoms with E-state index in [1.807, 2.05) is 17.9 Å². The Bertz CT molecular complexity index is 457. The van der Waals surface area contributed by atoms with E-state index >= 15 is 0 Å². The summed E-state index contributed by atoms with van der Waals surface area (Å²) in [5.41, 5.74) is 0.648. The largest absolute Gasteiger partial charge is 0.380 e. The van der Waals surface area contributed by atoms with E-state index in [2.05, 4.69) is 10.3 Å². The van der Waals surface area contributed by atoms with Gasteiger partial charge in [-0.2, -0.15) is 4.39 Å². The average Bonchev–Trinajstić information content (AvgIpc) is 2.48. The standard InChI is InChI=1S/C14H22FN3O3/c1-10-9-21-5-4-18(10)13-7-11(6-12(15)17-13)16-8-14(19-2)20-3/h6-7,10,14H,4-5,8-9H2,1-3H3,(H,16,17)/t10-/m1/s1. The van der Waals surface area contributed by atoms with Gasteiger partial charge in [0.25, 0.3) is 0 Å². The molecule has 7 heteroatoms. The van der Waals surface area contributed by atoms with Gasteiger partial charge in [-0.1, -0.05) is 0 Å². The summed E-state index contributed by atoms with van der Waals surface area (Å²) >= 11 is 0. The molecule has 0 aliphatic carbocycles. The van der Waals surface area contributed by atoms with Gasteiger partial charge in [0, 0.05) is 38.6 Å². The number of rotatable bonds is 6. The maximum atomic E-state index is 13.7. The highest BCUT2D eigenvalue weighted by atomic mass is 19.1. The summed E-state index contributed by atoms with van der Waals surface area (Å²) in [7, 11) is 3.12. The van der Waals surface area contributed by atoms with Gasteiger partial charge >= 0.3 is 0 Å². The Labute approximate surface area is 124 Å². The van der Waals surface area contributed by atoms with Crippen LogP contribution >= 0.6 is 0 Å². The molecule has 0 saturated carbocycles. The lowest BCUT2D eigenvalue weighted by Gasteiger charge is -2.34. The molecule has 1 fully saturated rings. The van der Waals surface area contributed by atoms with Crippen LogP contribution in [0.2, 0.25) is 0 Å². The molecule has 0 unspecified atom stereocenters. The Balaban J connectivity index is 2.09. The number of nitrogens with one attached hydrogen (secondary N) is 1. The Hall–Kier alpha value is -1.44. The first-order chi connectivity index (χ1) is 10.1. The second kappa shape index (κ2) is 7.53. The zero-order valence-corrected chi connectivity index (χ0v) is 12.6. The molecule has 1 N–H and O–H groups in total. The number of aromatic nitrogens is 1. The zero-order chi connectivity index (χ0) is 15.2. The second-order valence-corrected chi connectivity index (χ2v) is 4.94. The van der Waals surface area contributed by atoms with E-state index in [1.54, 1.807) is 14.2 Å². The predicted octanol–water partition coefficient (Wildman–Crippen LogP) is 1.48.